The molecule has 2 N–H and O–H groups in total. The summed E-state index contributed by atoms with van der Waals surface area (Å²) < 4.78 is 8.72. The zero-order valence-corrected chi connectivity index (χ0v) is 25.1. The van der Waals surface area contributed by atoms with Crippen LogP contribution in [0, 0.1) is 5.41 Å². The molecule has 0 aliphatic rings. The van der Waals surface area contributed by atoms with Gasteiger partial charge >= 0.3 is 0 Å². The molecule has 5 nitrogen and oxygen atoms in total. The molecule has 0 aliphatic carbocycles. The first kappa shape index (κ1) is 26.2. The van der Waals surface area contributed by atoms with Crippen molar-refractivity contribution in [3.05, 3.63) is 151 Å². The van der Waals surface area contributed by atoms with Crippen molar-refractivity contribution in [2.75, 3.05) is 7.05 Å². The van der Waals surface area contributed by atoms with Crippen molar-refractivity contribution < 1.29 is 4.42 Å². The van der Waals surface area contributed by atoms with Crippen LogP contribution in [0.25, 0.3) is 71.0 Å². The fraction of sp³-hybridized carbons (Fsp3) is 0.0244. The molecule has 0 unspecified atom stereocenters. The van der Waals surface area contributed by atoms with E-state index in [9.17, 15) is 0 Å². The number of furan rings is 1. The van der Waals surface area contributed by atoms with Gasteiger partial charge in [-0.3, -0.25) is 5.41 Å². The average Bonchev–Trinajstić information content (AvgIpc) is 3.64. The first-order valence-corrected chi connectivity index (χ1v) is 15.4. The van der Waals surface area contributed by atoms with E-state index in [0.717, 1.165) is 49.8 Å². The summed E-state index contributed by atoms with van der Waals surface area (Å²) in [7, 11) is 1.83. The Morgan fingerprint density at radius 3 is 2.20 bits per heavy atom. The van der Waals surface area contributed by atoms with Crippen LogP contribution < -0.4 is 5.32 Å². The first-order chi connectivity index (χ1) is 22.7. The summed E-state index contributed by atoms with van der Waals surface area (Å²) >= 11 is 0. The number of nitrogens with one attached hydrogen (secondary N) is 2. The highest BCUT2D eigenvalue weighted by atomic mass is 16.3. The molecule has 0 spiro atoms. The number of amidine groups is 2. The van der Waals surface area contributed by atoms with Gasteiger partial charge in [-0.1, -0.05) is 97.1 Å². The van der Waals surface area contributed by atoms with E-state index in [1.807, 2.05) is 61.6 Å². The second-order valence-electron chi connectivity index (χ2n) is 11.6. The van der Waals surface area contributed by atoms with Gasteiger partial charge in [-0.15, -0.1) is 0 Å². The van der Waals surface area contributed by atoms with Crippen LogP contribution in [0.1, 0.15) is 11.1 Å². The summed E-state index contributed by atoms with van der Waals surface area (Å²) in [6.45, 7) is 0. The molecule has 5 heteroatoms. The molecule has 0 atom stereocenters. The van der Waals surface area contributed by atoms with Crippen molar-refractivity contribution in [1.82, 2.24) is 9.88 Å². The van der Waals surface area contributed by atoms with E-state index >= 15 is 0 Å². The van der Waals surface area contributed by atoms with E-state index in [2.05, 4.69) is 94.8 Å². The van der Waals surface area contributed by atoms with Gasteiger partial charge in [0, 0.05) is 45.4 Å². The van der Waals surface area contributed by atoms with Crippen LogP contribution in [0.15, 0.2) is 149 Å². The van der Waals surface area contributed by atoms with Crippen LogP contribution in [0.4, 0.5) is 0 Å². The van der Waals surface area contributed by atoms with Crippen LogP contribution in [-0.4, -0.2) is 23.3 Å². The molecule has 0 bridgehead atoms. The Kier molecular flexibility index (Phi) is 5.80. The molecule has 2 heterocycles. The molecule has 9 rings (SSSR count). The minimum atomic E-state index is 0.168. The van der Waals surface area contributed by atoms with Gasteiger partial charge in [0.25, 0.3) is 0 Å². The molecule has 0 fully saturated rings. The van der Waals surface area contributed by atoms with Crippen LogP contribution in [0.3, 0.4) is 0 Å². The third-order valence-electron chi connectivity index (χ3n) is 9.02. The second kappa shape index (κ2) is 10.2. The number of rotatable bonds is 3. The third kappa shape index (κ3) is 3.95. The summed E-state index contributed by atoms with van der Waals surface area (Å²) in [4.78, 5) is 4.73. The minimum absolute atomic E-state index is 0.168. The van der Waals surface area contributed by atoms with Crippen LogP contribution >= 0.6 is 0 Å². The average molecular weight is 593 g/mol. The summed E-state index contributed by atoms with van der Waals surface area (Å²) in [5.41, 5.74) is 6.48. The Hall–Kier alpha value is -6.20. The third-order valence-corrected chi connectivity index (χ3v) is 9.02. The number of hydrogen-bond donors (Lipinski definition) is 2. The fourth-order valence-corrected chi connectivity index (χ4v) is 6.93. The lowest BCUT2D eigenvalue weighted by Crippen LogP contribution is -2.21. The highest BCUT2D eigenvalue weighted by molar-refractivity contribution is 6.24. The largest absolute Gasteiger partial charge is 0.456 e. The molecule has 2 aromatic heterocycles. The van der Waals surface area contributed by atoms with Crippen LogP contribution in [0.2, 0.25) is 0 Å². The lowest BCUT2D eigenvalue weighted by Gasteiger charge is -2.10. The zero-order chi connectivity index (χ0) is 30.8. The molecule has 0 saturated carbocycles. The summed E-state index contributed by atoms with van der Waals surface area (Å²) in [6, 6.07) is 48.3. The quantitative estimate of drug-likeness (QED) is 0.158. The van der Waals surface area contributed by atoms with Gasteiger partial charge in [0.1, 0.15) is 17.0 Å². The van der Waals surface area contributed by atoms with Gasteiger partial charge in [0.2, 0.25) is 0 Å². The summed E-state index contributed by atoms with van der Waals surface area (Å²) in [5.74, 6) is 0.808. The van der Waals surface area contributed by atoms with Crippen molar-refractivity contribution in [2.24, 2.45) is 4.99 Å². The topological polar surface area (TPSA) is 66.3 Å². The SMILES string of the molecule is CNC(=NC(=N)c1cccc2oc3ccc(-n4c5cc6ccccc6cc5c5c6ccccc6ccc54)cc3c12)c1ccccc1. The number of nitrogens with zero attached hydrogens (tertiary/aromatic N) is 2. The van der Waals surface area contributed by atoms with Crippen molar-refractivity contribution in [1.29, 1.82) is 5.41 Å². The van der Waals surface area contributed by atoms with Crippen molar-refractivity contribution in [3.8, 4) is 5.69 Å². The Balaban J connectivity index is 1.31. The predicted octanol–water partition coefficient (Wildman–Crippen LogP) is 9.98. The van der Waals surface area contributed by atoms with Gasteiger partial charge in [-0.25, -0.2) is 4.99 Å². The molecule has 0 saturated heterocycles. The molecule has 7 aromatic carbocycles. The molecule has 0 radical (unpaired) electrons. The summed E-state index contributed by atoms with van der Waals surface area (Å²) in [6.07, 6.45) is 0. The van der Waals surface area contributed by atoms with E-state index in [-0.39, 0.29) is 5.84 Å². The van der Waals surface area contributed by atoms with Gasteiger partial charge in [-0.05, 0) is 64.0 Å². The number of aliphatic imine (C=N–C) groups is 1. The lowest BCUT2D eigenvalue weighted by atomic mass is 10.0. The maximum absolute atomic E-state index is 9.10. The monoisotopic (exact) mass is 592 g/mol. The van der Waals surface area contributed by atoms with E-state index in [1.54, 1.807) is 0 Å². The van der Waals surface area contributed by atoms with Gasteiger partial charge in [0.05, 0.1) is 11.0 Å². The first-order valence-electron chi connectivity index (χ1n) is 15.4. The van der Waals surface area contributed by atoms with Gasteiger partial charge in [-0.2, -0.15) is 0 Å². The van der Waals surface area contributed by atoms with E-state index < -0.39 is 0 Å². The second-order valence-corrected chi connectivity index (χ2v) is 11.6. The highest BCUT2D eigenvalue weighted by Gasteiger charge is 2.19. The Morgan fingerprint density at radius 1 is 0.609 bits per heavy atom. The van der Waals surface area contributed by atoms with E-state index in [4.69, 9.17) is 14.8 Å². The number of aromatic nitrogens is 1. The Labute approximate surface area is 264 Å². The number of fused-ring (bicyclic) bond motifs is 9. The smallest absolute Gasteiger partial charge is 0.154 e. The number of benzene rings is 7. The molecule has 46 heavy (non-hydrogen) atoms. The molecular weight excluding hydrogens is 564 g/mol. The molecular formula is C41H28N4O. The molecule has 0 amide bonds. The molecule has 0 aliphatic heterocycles. The van der Waals surface area contributed by atoms with Gasteiger partial charge < -0.3 is 14.3 Å². The van der Waals surface area contributed by atoms with Crippen LogP contribution in [-0.2, 0) is 0 Å². The standard InChI is InChI=1S/C41H28N4O/c1-43-41(26-11-3-2-4-12-26)44-40(42)31-16-9-17-37-39(31)33-24-29(19-21-36(33)46-37)45-34-20-18-25-10-7-8-15-30(25)38(34)32-22-27-13-5-6-14-28(27)23-35(32)45/h2-24H,1H3,(H2,42,43,44). The van der Waals surface area contributed by atoms with Crippen molar-refractivity contribution in [2.45, 2.75) is 0 Å². The minimum Gasteiger partial charge on any atom is -0.456 e. The van der Waals surface area contributed by atoms with Crippen LogP contribution in [0.5, 0.6) is 0 Å². The Morgan fingerprint density at radius 2 is 1.37 bits per heavy atom. The lowest BCUT2D eigenvalue weighted by molar-refractivity contribution is 0.669. The highest BCUT2D eigenvalue weighted by Crippen LogP contribution is 2.40. The Bertz CT molecular complexity index is 2700. The summed E-state index contributed by atoms with van der Waals surface area (Å²) in [5, 5.41) is 21.4. The zero-order valence-electron chi connectivity index (χ0n) is 25.1. The fourth-order valence-electron chi connectivity index (χ4n) is 6.93. The van der Waals surface area contributed by atoms with Crippen molar-refractivity contribution >= 4 is 77.0 Å². The molecule has 9 aromatic rings. The maximum atomic E-state index is 9.10. The predicted molar refractivity (Wildman–Crippen MR) is 192 cm³/mol. The van der Waals surface area contributed by atoms with Crippen molar-refractivity contribution in [3.63, 3.8) is 0 Å². The van der Waals surface area contributed by atoms with E-state index in [1.165, 1.54) is 32.3 Å². The van der Waals surface area contributed by atoms with E-state index in [0.29, 0.717) is 5.84 Å². The number of hydrogen-bond acceptors (Lipinski definition) is 2. The van der Waals surface area contributed by atoms with Gasteiger partial charge in [0.15, 0.2) is 5.84 Å². The molecule has 218 valence electrons. The maximum Gasteiger partial charge on any atom is 0.154 e. The normalized spacial score (nSPS) is 12.2.